The molecule has 2 aromatic carbocycles. The van der Waals surface area contributed by atoms with Crippen molar-refractivity contribution in [2.24, 2.45) is 0 Å². The molecular formula is C29H46N2. The van der Waals surface area contributed by atoms with E-state index in [0.29, 0.717) is 0 Å². The van der Waals surface area contributed by atoms with Gasteiger partial charge in [-0.15, -0.1) is 0 Å². The molecule has 0 saturated carbocycles. The molecule has 0 aromatic heterocycles. The highest BCUT2D eigenvalue weighted by molar-refractivity contribution is 5.69. The standard InChI is InChI=1S/C25H34N2.2C2H6/c1-5-10-22-12-13-24(19-20(22)2)23-14-16-25(17-15-23)27-18-9-7-6-8-11-21(3)26-4;2*1-2/h5,10,12-17,19,26-27H,3,6-9,11,18H2,1-2,4H3;2*1-2H3/b10-5-;;. The lowest BCUT2D eigenvalue weighted by atomic mass is 9.99. The fourth-order valence-corrected chi connectivity index (χ4v) is 3.18. The number of aryl methyl sites for hydroxylation is 1. The molecule has 0 atom stereocenters. The minimum absolute atomic E-state index is 1.03. The van der Waals surface area contributed by atoms with Crippen molar-refractivity contribution in [3.05, 3.63) is 71.9 Å². The van der Waals surface area contributed by atoms with Gasteiger partial charge in [0.1, 0.15) is 0 Å². The van der Waals surface area contributed by atoms with E-state index in [0.717, 1.165) is 18.7 Å². The van der Waals surface area contributed by atoms with Crippen LogP contribution in [0.3, 0.4) is 0 Å². The lowest BCUT2D eigenvalue weighted by Gasteiger charge is -2.09. The van der Waals surface area contributed by atoms with Crippen molar-refractivity contribution in [1.29, 1.82) is 0 Å². The summed E-state index contributed by atoms with van der Waals surface area (Å²) in [6.07, 6.45) is 10.3. The summed E-state index contributed by atoms with van der Waals surface area (Å²) in [5.41, 5.74) is 7.47. The van der Waals surface area contributed by atoms with Crippen molar-refractivity contribution in [2.75, 3.05) is 18.9 Å². The predicted octanol–water partition coefficient (Wildman–Crippen LogP) is 8.84. The molecule has 2 aromatic rings. The Balaban J connectivity index is 0.00000212. The zero-order valence-electron chi connectivity index (χ0n) is 21.1. The van der Waals surface area contributed by atoms with Crippen molar-refractivity contribution in [2.45, 2.75) is 73.6 Å². The average Bonchev–Trinajstić information content (AvgIpc) is 2.82. The molecule has 2 N–H and O–H groups in total. The fourth-order valence-electron chi connectivity index (χ4n) is 3.18. The smallest absolute Gasteiger partial charge is 0.0340 e. The number of anilines is 1. The SMILES string of the molecule is C=C(CCCCCCNc1ccc(-c2ccc(/C=C\C)c(C)c2)cc1)NC.CC.CC. The number of hydrogen-bond acceptors (Lipinski definition) is 2. The van der Waals surface area contributed by atoms with Crippen LogP contribution in [0, 0.1) is 6.92 Å². The maximum Gasteiger partial charge on any atom is 0.0340 e. The van der Waals surface area contributed by atoms with E-state index in [1.165, 1.54) is 53.6 Å². The van der Waals surface area contributed by atoms with Crippen LogP contribution >= 0.6 is 0 Å². The Bertz CT molecular complexity index is 742. The first kappa shape index (κ1) is 28.5. The topological polar surface area (TPSA) is 24.1 Å². The second kappa shape index (κ2) is 18.3. The lowest BCUT2D eigenvalue weighted by molar-refractivity contribution is 0.641. The molecule has 0 saturated heterocycles. The van der Waals surface area contributed by atoms with Crippen molar-refractivity contribution in [1.82, 2.24) is 5.32 Å². The van der Waals surface area contributed by atoms with Gasteiger partial charge in [-0.05, 0) is 67.5 Å². The fraction of sp³-hybridized carbons (Fsp3) is 0.448. The molecule has 2 rings (SSSR count). The Morgan fingerprint density at radius 1 is 0.871 bits per heavy atom. The Morgan fingerprint density at radius 3 is 2.06 bits per heavy atom. The van der Waals surface area contributed by atoms with E-state index in [1.807, 2.05) is 34.7 Å². The van der Waals surface area contributed by atoms with Gasteiger partial charge in [-0.2, -0.15) is 0 Å². The van der Waals surface area contributed by atoms with Gasteiger partial charge in [-0.1, -0.05) is 89.6 Å². The van der Waals surface area contributed by atoms with Gasteiger partial charge in [-0.3, -0.25) is 0 Å². The van der Waals surface area contributed by atoms with E-state index < -0.39 is 0 Å². The first-order valence-electron chi connectivity index (χ1n) is 12.1. The van der Waals surface area contributed by atoms with Crippen LogP contribution < -0.4 is 10.6 Å². The Hall–Kier alpha value is -2.48. The molecule has 0 aliphatic carbocycles. The third-order valence-electron chi connectivity index (χ3n) is 4.92. The van der Waals surface area contributed by atoms with E-state index in [-0.39, 0.29) is 0 Å². The largest absolute Gasteiger partial charge is 0.392 e. The number of benzene rings is 2. The van der Waals surface area contributed by atoms with Crippen LogP contribution in [0.5, 0.6) is 0 Å². The van der Waals surface area contributed by atoms with Crippen LogP contribution in [0.2, 0.25) is 0 Å². The molecule has 0 amide bonds. The third-order valence-corrected chi connectivity index (χ3v) is 4.92. The molecule has 0 aliphatic rings. The van der Waals surface area contributed by atoms with Crippen LogP contribution in [0.4, 0.5) is 5.69 Å². The van der Waals surface area contributed by atoms with Gasteiger partial charge in [-0.25, -0.2) is 0 Å². The second-order valence-electron chi connectivity index (χ2n) is 7.09. The molecular weight excluding hydrogens is 376 g/mol. The molecule has 0 heterocycles. The van der Waals surface area contributed by atoms with Crippen LogP contribution in [-0.2, 0) is 0 Å². The van der Waals surface area contributed by atoms with Gasteiger partial charge in [0.2, 0.25) is 0 Å². The highest BCUT2D eigenvalue weighted by Crippen LogP contribution is 2.24. The highest BCUT2D eigenvalue weighted by Gasteiger charge is 2.01. The van der Waals surface area contributed by atoms with Gasteiger partial charge >= 0.3 is 0 Å². The summed E-state index contributed by atoms with van der Waals surface area (Å²) in [5, 5.41) is 6.64. The summed E-state index contributed by atoms with van der Waals surface area (Å²) in [7, 11) is 1.94. The number of unbranched alkanes of at least 4 members (excludes halogenated alkanes) is 3. The molecule has 0 spiro atoms. The zero-order valence-corrected chi connectivity index (χ0v) is 21.1. The van der Waals surface area contributed by atoms with Gasteiger partial charge < -0.3 is 10.6 Å². The van der Waals surface area contributed by atoms with Crippen molar-refractivity contribution in [3.8, 4) is 11.1 Å². The number of allylic oxidation sites excluding steroid dienone is 2. The number of hydrogen-bond donors (Lipinski definition) is 2. The molecule has 2 heteroatoms. The van der Waals surface area contributed by atoms with Gasteiger partial charge in [0.15, 0.2) is 0 Å². The monoisotopic (exact) mass is 422 g/mol. The third kappa shape index (κ3) is 11.5. The summed E-state index contributed by atoms with van der Waals surface area (Å²) in [5.74, 6) is 0. The van der Waals surface area contributed by atoms with E-state index in [2.05, 4.69) is 85.7 Å². The first-order chi connectivity index (χ1) is 15.1. The summed E-state index contributed by atoms with van der Waals surface area (Å²) >= 11 is 0. The molecule has 0 aliphatic heterocycles. The Kier molecular flexibility index (Phi) is 16.8. The van der Waals surface area contributed by atoms with Crippen LogP contribution in [-0.4, -0.2) is 13.6 Å². The van der Waals surface area contributed by atoms with Gasteiger partial charge in [0.25, 0.3) is 0 Å². The van der Waals surface area contributed by atoms with E-state index >= 15 is 0 Å². The van der Waals surface area contributed by atoms with Gasteiger partial charge in [0.05, 0.1) is 0 Å². The molecule has 0 unspecified atom stereocenters. The zero-order chi connectivity index (χ0) is 23.5. The predicted molar refractivity (Wildman–Crippen MR) is 144 cm³/mol. The van der Waals surface area contributed by atoms with Crippen LogP contribution in [0.15, 0.2) is 60.8 Å². The molecule has 0 radical (unpaired) electrons. The molecule has 31 heavy (non-hydrogen) atoms. The highest BCUT2D eigenvalue weighted by atomic mass is 14.9. The first-order valence-corrected chi connectivity index (χ1v) is 12.1. The molecule has 172 valence electrons. The maximum absolute atomic E-state index is 3.97. The Morgan fingerprint density at radius 2 is 1.48 bits per heavy atom. The average molecular weight is 423 g/mol. The van der Waals surface area contributed by atoms with Crippen molar-refractivity contribution < 1.29 is 0 Å². The summed E-state index contributed by atoms with van der Waals surface area (Å²) in [6.45, 7) is 17.2. The minimum atomic E-state index is 1.03. The summed E-state index contributed by atoms with van der Waals surface area (Å²) < 4.78 is 0. The summed E-state index contributed by atoms with van der Waals surface area (Å²) in [4.78, 5) is 0. The van der Waals surface area contributed by atoms with E-state index in [9.17, 15) is 0 Å². The van der Waals surface area contributed by atoms with Crippen molar-refractivity contribution in [3.63, 3.8) is 0 Å². The molecule has 0 fully saturated rings. The summed E-state index contributed by atoms with van der Waals surface area (Å²) in [6, 6.07) is 15.4. The lowest BCUT2D eigenvalue weighted by Crippen LogP contribution is -2.04. The number of rotatable bonds is 11. The maximum atomic E-state index is 3.97. The Labute approximate surface area is 192 Å². The van der Waals surface area contributed by atoms with Crippen molar-refractivity contribution >= 4 is 11.8 Å². The van der Waals surface area contributed by atoms with Crippen LogP contribution in [0.1, 0.15) is 77.8 Å². The molecule has 0 bridgehead atoms. The van der Waals surface area contributed by atoms with Crippen LogP contribution in [0.25, 0.3) is 17.2 Å². The van der Waals surface area contributed by atoms with Gasteiger partial charge in [0, 0.05) is 25.0 Å². The molecule has 2 nitrogen and oxygen atoms in total. The number of nitrogens with one attached hydrogen (secondary N) is 2. The normalized spacial score (nSPS) is 9.90. The quantitative estimate of drug-likeness (QED) is 0.353. The van der Waals surface area contributed by atoms with E-state index in [4.69, 9.17) is 0 Å². The van der Waals surface area contributed by atoms with E-state index in [1.54, 1.807) is 0 Å². The minimum Gasteiger partial charge on any atom is -0.392 e. The second-order valence-corrected chi connectivity index (χ2v) is 7.09.